The summed E-state index contributed by atoms with van der Waals surface area (Å²) in [5.41, 5.74) is 0. The van der Waals surface area contributed by atoms with E-state index in [9.17, 15) is 8.42 Å². The van der Waals surface area contributed by atoms with Gasteiger partial charge >= 0.3 is 0 Å². The van der Waals surface area contributed by atoms with Crippen LogP contribution in [0.5, 0.6) is 0 Å². The molecule has 2 aromatic rings. The van der Waals surface area contributed by atoms with Gasteiger partial charge in [-0.3, -0.25) is 0 Å². The number of sulfone groups is 1. The first-order valence-corrected chi connectivity index (χ1v) is 11.2. The molecule has 0 N–H and O–H groups in total. The van der Waals surface area contributed by atoms with Gasteiger partial charge in [0.1, 0.15) is 0 Å². The van der Waals surface area contributed by atoms with Crippen LogP contribution in [-0.2, 0) is 9.84 Å². The summed E-state index contributed by atoms with van der Waals surface area (Å²) in [4.78, 5) is 0.705. The van der Waals surface area contributed by atoms with Crippen molar-refractivity contribution in [2.75, 3.05) is 0 Å². The second-order valence-electron chi connectivity index (χ2n) is 5.59. The topological polar surface area (TPSA) is 34.1 Å². The highest BCUT2D eigenvalue weighted by atomic mass is 32.2. The van der Waals surface area contributed by atoms with Gasteiger partial charge in [0, 0.05) is 0 Å². The molecule has 100 valence electrons. The molecule has 2 nitrogen and oxygen atoms in total. The minimum atomic E-state index is -3.39. The van der Waals surface area contributed by atoms with Gasteiger partial charge in [-0.05, 0) is 24.3 Å². The van der Waals surface area contributed by atoms with Crippen molar-refractivity contribution in [2.24, 2.45) is 0 Å². The average molecular weight is 290 g/mol. The Morgan fingerprint density at radius 3 is 1.68 bits per heavy atom. The summed E-state index contributed by atoms with van der Waals surface area (Å²) in [5, 5.41) is 1.26. The summed E-state index contributed by atoms with van der Waals surface area (Å²) >= 11 is 0. The molecule has 0 atom stereocenters. The fraction of sp³-hybridized carbons (Fsp3) is 0.200. The zero-order chi connectivity index (χ0) is 14.1. The van der Waals surface area contributed by atoms with Crippen molar-refractivity contribution in [1.29, 1.82) is 0 Å². The van der Waals surface area contributed by atoms with Gasteiger partial charge in [0.05, 0.1) is 17.9 Å². The number of hydrogen-bond acceptors (Lipinski definition) is 2. The monoisotopic (exact) mass is 290 g/mol. The Morgan fingerprint density at radius 2 is 1.21 bits per heavy atom. The molecule has 0 saturated heterocycles. The Balaban J connectivity index is 2.43. The highest BCUT2D eigenvalue weighted by Gasteiger charge is 2.20. The van der Waals surface area contributed by atoms with Crippen LogP contribution in [0.15, 0.2) is 64.4 Å². The van der Waals surface area contributed by atoms with Crippen LogP contribution in [0, 0.1) is 0 Å². The third-order valence-electron chi connectivity index (χ3n) is 3.08. The highest BCUT2D eigenvalue weighted by Crippen LogP contribution is 2.19. The maximum Gasteiger partial charge on any atom is 0.206 e. The minimum absolute atomic E-state index is 0.343. The largest absolute Gasteiger partial charge is 0.219 e. The van der Waals surface area contributed by atoms with E-state index in [1.54, 1.807) is 36.4 Å². The maximum absolute atomic E-state index is 12.4. The maximum atomic E-state index is 12.4. The SMILES string of the molecule is C[Si](C)(C)c1ccc(S(=O)(=O)c2ccccc2)cc1. The molecule has 2 rings (SSSR count). The van der Waals surface area contributed by atoms with Crippen LogP contribution < -0.4 is 5.19 Å². The lowest BCUT2D eigenvalue weighted by atomic mass is 10.4. The molecule has 0 aliphatic heterocycles. The average Bonchev–Trinajstić information content (AvgIpc) is 2.39. The van der Waals surface area contributed by atoms with Crippen molar-refractivity contribution in [3.63, 3.8) is 0 Å². The molecule has 0 aliphatic carbocycles. The molecular weight excluding hydrogens is 272 g/mol. The Kier molecular flexibility index (Phi) is 3.65. The van der Waals surface area contributed by atoms with Crippen LogP contribution in [-0.4, -0.2) is 16.5 Å². The van der Waals surface area contributed by atoms with E-state index in [0.717, 1.165) is 0 Å². The molecule has 0 bridgehead atoms. The third-order valence-corrected chi connectivity index (χ3v) is 6.94. The highest BCUT2D eigenvalue weighted by molar-refractivity contribution is 7.91. The zero-order valence-corrected chi connectivity index (χ0v) is 13.2. The molecule has 0 amide bonds. The van der Waals surface area contributed by atoms with Crippen LogP contribution in [0.3, 0.4) is 0 Å². The normalized spacial score (nSPS) is 12.4. The molecule has 0 radical (unpaired) electrons. The van der Waals surface area contributed by atoms with Crippen LogP contribution in [0.4, 0.5) is 0 Å². The van der Waals surface area contributed by atoms with Gasteiger partial charge in [-0.15, -0.1) is 0 Å². The molecule has 0 heterocycles. The zero-order valence-electron chi connectivity index (χ0n) is 11.4. The van der Waals surface area contributed by atoms with Crippen LogP contribution in [0.25, 0.3) is 0 Å². The van der Waals surface area contributed by atoms with Gasteiger partial charge < -0.3 is 0 Å². The van der Waals surface area contributed by atoms with Gasteiger partial charge in [0.2, 0.25) is 9.84 Å². The first kappa shape index (κ1) is 14.0. The molecular formula is C15H18O2SSi. The van der Waals surface area contributed by atoms with Crippen molar-refractivity contribution in [2.45, 2.75) is 29.4 Å². The van der Waals surface area contributed by atoms with Gasteiger partial charge in [-0.1, -0.05) is 55.2 Å². The first-order valence-electron chi connectivity index (χ1n) is 6.22. The lowest BCUT2D eigenvalue weighted by molar-refractivity contribution is 0.596. The number of benzene rings is 2. The second kappa shape index (κ2) is 4.94. The Morgan fingerprint density at radius 1 is 0.737 bits per heavy atom. The summed E-state index contributed by atoms with van der Waals surface area (Å²) in [7, 11) is -4.78. The van der Waals surface area contributed by atoms with Gasteiger partial charge in [0.15, 0.2) is 0 Å². The molecule has 4 heteroatoms. The molecule has 0 saturated carbocycles. The summed E-state index contributed by atoms with van der Waals surface area (Å²) in [6, 6.07) is 15.9. The van der Waals surface area contributed by atoms with Crippen LogP contribution >= 0.6 is 0 Å². The fourth-order valence-electron chi connectivity index (χ4n) is 1.87. The number of rotatable bonds is 3. The summed E-state index contributed by atoms with van der Waals surface area (Å²) < 4.78 is 24.8. The first-order chi connectivity index (χ1) is 8.82. The van der Waals surface area contributed by atoms with Crippen molar-refractivity contribution >= 4 is 23.1 Å². The molecule has 2 aromatic carbocycles. The van der Waals surface area contributed by atoms with E-state index in [0.29, 0.717) is 9.79 Å². The molecule has 0 unspecified atom stereocenters. The minimum Gasteiger partial charge on any atom is -0.219 e. The van der Waals surface area contributed by atoms with E-state index in [1.807, 2.05) is 18.2 Å². The Bertz CT molecular complexity index is 654. The van der Waals surface area contributed by atoms with Crippen molar-refractivity contribution in [3.8, 4) is 0 Å². The third kappa shape index (κ3) is 2.96. The summed E-state index contributed by atoms with van der Waals surface area (Å²) in [6.07, 6.45) is 0. The Labute approximate surface area is 116 Å². The molecule has 19 heavy (non-hydrogen) atoms. The molecule has 0 aromatic heterocycles. The van der Waals surface area contributed by atoms with Crippen LogP contribution in [0.2, 0.25) is 19.6 Å². The standard InChI is InChI=1S/C15H18O2SSi/c1-19(2,3)15-11-9-14(10-12-15)18(16,17)13-7-5-4-6-8-13/h4-12H,1-3H3. The van der Waals surface area contributed by atoms with Gasteiger partial charge in [0.25, 0.3) is 0 Å². The number of hydrogen-bond donors (Lipinski definition) is 0. The Hall–Kier alpha value is -1.39. The van der Waals surface area contributed by atoms with E-state index < -0.39 is 17.9 Å². The van der Waals surface area contributed by atoms with Crippen molar-refractivity contribution in [3.05, 3.63) is 54.6 Å². The van der Waals surface area contributed by atoms with Crippen LogP contribution in [0.1, 0.15) is 0 Å². The molecule has 0 fully saturated rings. The van der Waals surface area contributed by atoms with E-state index in [4.69, 9.17) is 0 Å². The van der Waals surface area contributed by atoms with E-state index in [-0.39, 0.29) is 0 Å². The predicted octanol–water partition coefficient (Wildman–Crippen LogP) is 3.06. The fourth-order valence-corrected chi connectivity index (χ4v) is 4.32. The quantitative estimate of drug-likeness (QED) is 0.814. The molecule has 0 aliphatic rings. The lowest BCUT2D eigenvalue weighted by Gasteiger charge is -2.16. The second-order valence-corrected chi connectivity index (χ2v) is 12.6. The molecule has 0 spiro atoms. The van der Waals surface area contributed by atoms with E-state index in [1.165, 1.54) is 5.19 Å². The van der Waals surface area contributed by atoms with Gasteiger partial charge in [-0.25, -0.2) is 8.42 Å². The van der Waals surface area contributed by atoms with Crippen molar-refractivity contribution < 1.29 is 8.42 Å². The summed E-state index contributed by atoms with van der Waals surface area (Å²) in [5.74, 6) is 0. The lowest BCUT2D eigenvalue weighted by Crippen LogP contribution is -2.37. The van der Waals surface area contributed by atoms with Crippen molar-refractivity contribution in [1.82, 2.24) is 0 Å². The predicted molar refractivity (Wildman–Crippen MR) is 81.3 cm³/mol. The summed E-state index contributed by atoms with van der Waals surface area (Å²) in [6.45, 7) is 6.73. The van der Waals surface area contributed by atoms with E-state index >= 15 is 0 Å². The van der Waals surface area contributed by atoms with E-state index in [2.05, 4.69) is 19.6 Å². The van der Waals surface area contributed by atoms with Gasteiger partial charge in [-0.2, -0.15) is 0 Å². The smallest absolute Gasteiger partial charge is 0.206 e.